The summed E-state index contributed by atoms with van der Waals surface area (Å²) in [6.45, 7) is 1.32. The number of nitrogens with one attached hydrogen (secondary N) is 1. The van der Waals surface area contributed by atoms with Gasteiger partial charge in [-0.25, -0.2) is 14.4 Å². The molecule has 2 aliphatic rings. The van der Waals surface area contributed by atoms with Gasteiger partial charge in [-0.05, 0) is 24.6 Å². The first-order valence-electron chi connectivity index (χ1n) is 9.83. The van der Waals surface area contributed by atoms with Gasteiger partial charge in [0.25, 0.3) is 5.56 Å². The van der Waals surface area contributed by atoms with Crippen molar-refractivity contribution >= 4 is 23.1 Å². The maximum absolute atomic E-state index is 14.4. The van der Waals surface area contributed by atoms with Crippen LogP contribution in [0.2, 0.25) is 0 Å². The second-order valence-corrected chi connectivity index (χ2v) is 8.43. The van der Waals surface area contributed by atoms with Gasteiger partial charge in [-0.2, -0.15) is 0 Å². The number of nitrogens with zero attached hydrogens (tertiary/aromatic N) is 4. The first-order valence-corrected chi connectivity index (χ1v) is 10.8. The number of halogens is 1. The number of carbonyl (C=O) groups excluding carboxylic acids is 1. The van der Waals surface area contributed by atoms with Crippen molar-refractivity contribution in [1.29, 1.82) is 0 Å². The molecule has 2 aliphatic heterocycles. The van der Waals surface area contributed by atoms with E-state index in [-0.39, 0.29) is 29.1 Å². The number of thiazole rings is 1. The van der Waals surface area contributed by atoms with Gasteiger partial charge < -0.3 is 10.2 Å². The summed E-state index contributed by atoms with van der Waals surface area (Å²) in [5.41, 5.74) is 3.12. The monoisotopic (exact) mass is 425 g/mol. The van der Waals surface area contributed by atoms with Crippen LogP contribution in [-0.4, -0.2) is 33.5 Å². The van der Waals surface area contributed by atoms with Crippen molar-refractivity contribution in [2.45, 2.75) is 24.9 Å². The highest BCUT2D eigenvalue weighted by Crippen LogP contribution is 2.42. The standard InChI is InChI=1S/C21H20FN5O2S/c22-16-3-2-6-23-20(16)26-9-13-7-14(10-26)19(27-17(13)4-1-5-18(27)28)21(29)24-8-15-11-30-12-25-15/h1-6,11-14,19H,7-10H2,(H,24,29)/t13-,14+,19-/m1/s1. The Morgan fingerprint density at radius 1 is 1.23 bits per heavy atom. The van der Waals surface area contributed by atoms with Crippen molar-refractivity contribution in [3.63, 3.8) is 0 Å². The average Bonchev–Trinajstić information content (AvgIpc) is 3.27. The van der Waals surface area contributed by atoms with E-state index in [9.17, 15) is 14.0 Å². The van der Waals surface area contributed by atoms with Crippen LogP contribution in [0.5, 0.6) is 0 Å². The molecule has 0 spiro atoms. The Labute approximate surface area is 176 Å². The van der Waals surface area contributed by atoms with E-state index < -0.39 is 6.04 Å². The number of rotatable bonds is 4. The van der Waals surface area contributed by atoms with Gasteiger partial charge in [0.05, 0.1) is 17.7 Å². The van der Waals surface area contributed by atoms with Gasteiger partial charge in [-0.15, -0.1) is 11.3 Å². The summed E-state index contributed by atoms with van der Waals surface area (Å²) in [6, 6.07) is 7.40. The quantitative estimate of drug-likeness (QED) is 0.694. The second-order valence-electron chi connectivity index (χ2n) is 7.71. The molecule has 154 valence electrons. The number of hydrogen-bond acceptors (Lipinski definition) is 6. The molecule has 0 unspecified atom stereocenters. The van der Waals surface area contributed by atoms with E-state index in [0.29, 0.717) is 25.5 Å². The lowest BCUT2D eigenvalue weighted by Crippen LogP contribution is -2.53. The molecule has 3 atom stereocenters. The van der Waals surface area contributed by atoms with Crippen LogP contribution in [0.3, 0.4) is 0 Å². The fraction of sp³-hybridized carbons (Fsp3) is 0.333. The number of carbonyl (C=O) groups is 1. The van der Waals surface area contributed by atoms with Crippen LogP contribution >= 0.6 is 11.3 Å². The zero-order valence-corrected chi connectivity index (χ0v) is 16.9. The third-order valence-corrected chi connectivity index (χ3v) is 6.52. The van der Waals surface area contributed by atoms with E-state index in [0.717, 1.165) is 17.8 Å². The van der Waals surface area contributed by atoms with Crippen LogP contribution in [0.1, 0.15) is 29.8 Å². The Kier molecular flexibility index (Phi) is 4.82. The summed E-state index contributed by atoms with van der Waals surface area (Å²) in [4.78, 5) is 36.3. The van der Waals surface area contributed by atoms with E-state index in [2.05, 4.69) is 15.3 Å². The third kappa shape index (κ3) is 3.28. The van der Waals surface area contributed by atoms with Crippen LogP contribution in [0.4, 0.5) is 10.2 Å². The zero-order chi connectivity index (χ0) is 20.7. The molecule has 0 aliphatic carbocycles. The van der Waals surface area contributed by atoms with E-state index >= 15 is 0 Å². The maximum atomic E-state index is 14.4. The maximum Gasteiger partial charge on any atom is 0.251 e. The molecule has 0 radical (unpaired) electrons. The van der Waals surface area contributed by atoms with Gasteiger partial charge in [0.2, 0.25) is 5.91 Å². The molecule has 2 bridgehead atoms. The molecule has 7 nitrogen and oxygen atoms in total. The van der Waals surface area contributed by atoms with Crippen molar-refractivity contribution in [2.24, 2.45) is 5.92 Å². The lowest BCUT2D eigenvalue weighted by atomic mass is 9.78. The Morgan fingerprint density at radius 3 is 2.93 bits per heavy atom. The minimum Gasteiger partial charge on any atom is -0.353 e. The summed E-state index contributed by atoms with van der Waals surface area (Å²) < 4.78 is 16.0. The van der Waals surface area contributed by atoms with Gasteiger partial charge >= 0.3 is 0 Å². The highest BCUT2D eigenvalue weighted by atomic mass is 32.1. The number of anilines is 1. The average molecular weight is 425 g/mol. The third-order valence-electron chi connectivity index (χ3n) is 5.88. The molecule has 0 aromatic carbocycles. The molecular formula is C21H20FN5O2S. The summed E-state index contributed by atoms with van der Waals surface area (Å²) in [6.07, 6.45) is 2.34. The van der Waals surface area contributed by atoms with Crippen LogP contribution in [-0.2, 0) is 11.3 Å². The summed E-state index contributed by atoms with van der Waals surface area (Å²) >= 11 is 1.46. The molecular weight excluding hydrogens is 405 g/mol. The van der Waals surface area contributed by atoms with E-state index in [4.69, 9.17) is 0 Å². The SMILES string of the molecule is O=C(NCc1cscn1)[C@H]1[C@H]2C[C@H](CN(c3ncccc3F)C2)c2cccc(=O)n21. The number of aromatic nitrogens is 3. The Bertz CT molecular complexity index is 1130. The number of hydrogen-bond donors (Lipinski definition) is 1. The number of piperidine rings is 1. The van der Waals surface area contributed by atoms with Crippen molar-refractivity contribution in [1.82, 2.24) is 19.9 Å². The van der Waals surface area contributed by atoms with Gasteiger partial charge in [-0.3, -0.25) is 14.2 Å². The van der Waals surface area contributed by atoms with Crippen molar-refractivity contribution in [3.8, 4) is 0 Å². The Balaban J connectivity index is 1.50. The van der Waals surface area contributed by atoms with Crippen LogP contribution in [0.25, 0.3) is 0 Å². The highest BCUT2D eigenvalue weighted by molar-refractivity contribution is 7.07. The minimum absolute atomic E-state index is 0.0293. The zero-order valence-electron chi connectivity index (χ0n) is 16.1. The molecule has 5 heterocycles. The lowest BCUT2D eigenvalue weighted by molar-refractivity contribution is -0.127. The van der Waals surface area contributed by atoms with Crippen LogP contribution < -0.4 is 15.8 Å². The smallest absolute Gasteiger partial charge is 0.251 e. The lowest BCUT2D eigenvalue weighted by Gasteiger charge is -2.46. The van der Waals surface area contributed by atoms with Crippen molar-refractivity contribution < 1.29 is 9.18 Å². The fourth-order valence-electron chi connectivity index (χ4n) is 4.66. The predicted molar refractivity (Wildman–Crippen MR) is 111 cm³/mol. The summed E-state index contributed by atoms with van der Waals surface area (Å²) in [5, 5.41) is 4.81. The van der Waals surface area contributed by atoms with Crippen molar-refractivity contribution in [2.75, 3.05) is 18.0 Å². The largest absolute Gasteiger partial charge is 0.353 e. The molecule has 1 fully saturated rings. The van der Waals surface area contributed by atoms with E-state index in [1.165, 1.54) is 23.5 Å². The van der Waals surface area contributed by atoms with Gasteiger partial charge in [-0.1, -0.05) is 6.07 Å². The van der Waals surface area contributed by atoms with Gasteiger partial charge in [0.15, 0.2) is 11.6 Å². The molecule has 1 N–H and O–H groups in total. The number of amides is 1. The normalized spacial score (nSPS) is 22.4. The van der Waals surface area contributed by atoms with E-state index in [1.807, 2.05) is 16.3 Å². The second kappa shape index (κ2) is 7.64. The molecule has 9 heteroatoms. The van der Waals surface area contributed by atoms with Crippen LogP contribution in [0, 0.1) is 11.7 Å². The first-order chi connectivity index (χ1) is 14.6. The molecule has 5 rings (SSSR count). The predicted octanol–water partition coefficient (Wildman–Crippen LogP) is 2.32. The topological polar surface area (TPSA) is 80.1 Å². The first kappa shape index (κ1) is 18.9. The van der Waals surface area contributed by atoms with Crippen LogP contribution in [0.15, 0.2) is 52.2 Å². The molecule has 30 heavy (non-hydrogen) atoms. The number of pyridine rings is 2. The number of fused-ring (bicyclic) bond motifs is 4. The summed E-state index contributed by atoms with van der Waals surface area (Å²) in [5.74, 6) is -0.410. The molecule has 3 aromatic rings. The fourth-order valence-corrected chi connectivity index (χ4v) is 5.22. The van der Waals surface area contributed by atoms with Gasteiger partial charge in [0, 0.05) is 48.3 Å². The summed E-state index contributed by atoms with van der Waals surface area (Å²) in [7, 11) is 0. The van der Waals surface area contributed by atoms with E-state index in [1.54, 1.807) is 28.4 Å². The Hall–Kier alpha value is -3.07. The molecule has 0 saturated carbocycles. The molecule has 3 aromatic heterocycles. The molecule has 1 amide bonds. The minimum atomic E-state index is -0.654. The van der Waals surface area contributed by atoms with Crippen molar-refractivity contribution in [3.05, 3.63) is 75.0 Å². The Morgan fingerprint density at radius 2 is 2.13 bits per heavy atom. The van der Waals surface area contributed by atoms with Gasteiger partial charge in [0.1, 0.15) is 6.04 Å². The molecule has 1 saturated heterocycles. The highest BCUT2D eigenvalue weighted by Gasteiger charge is 2.44.